The Morgan fingerprint density at radius 1 is 0.676 bits per heavy atom. The summed E-state index contributed by atoms with van der Waals surface area (Å²) < 4.78 is 21.3. The van der Waals surface area contributed by atoms with Crippen molar-refractivity contribution >= 4 is 108 Å². The number of ether oxygens (including phenoxy) is 4. The number of carbonyl (C=O) groups excluding carboxylic acids is 2. The van der Waals surface area contributed by atoms with Gasteiger partial charge in [-0.15, -0.1) is 0 Å². The predicted molar refractivity (Wildman–Crippen MR) is 152 cm³/mol. The van der Waals surface area contributed by atoms with Gasteiger partial charge < -0.3 is 29.6 Å². The fourth-order valence-corrected chi connectivity index (χ4v) is 6.86. The SMILES string of the molecule is COc1cc(NC(=O)C(Br)SSC(Br)C(=O)Nc2cc(OC)c(Br)cc2OC)c(OC)cc1Br. The van der Waals surface area contributed by atoms with E-state index in [0.29, 0.717) is 43.3 Å². The number of halogens is 4. The minimum Gasteiger partial charge on any atom is -0.495 e. The predicted octanol–water partition coefficient (Wildman–Crippen LogP) is 6.65. The zero-order chi connectivity index (χ0) is 25.4. The number of hydrogen-bond acceptors (Lipinski definition) is 8. The molecule has 34 heavy (non-hydrogen) atoms. The largest absolute Gasteiger partial charge is 0.495 e. The van der Waals surface area contributed by atoms with Crippen molar-refractivity contribution in [2.24, 2.45) is 0 Å². The van der Waals surface area contributed by atoms with E-state index in [1.165, 1.54) is 50.0 Å². The van der Waals surface area contributed by atoms with Gasteiger partial charge in [-0.2, -0.15) is 0 Å². The summed E-state index contributed by atoms with van der Waals surface area (Å²) in [6, 6.07) is 6.70. The lowest BCUT2D eigenvalue weighted by Gasteiger charge is -2.17. The Morgan fingerprint density at radius 2 is 1.00 bits per heavy atom. The van der Waals surface area contributed by atoms with Crippen LogP contribution in [-0.4, -0.2) is 48.6 Å². The van der Waals surface area contributed by atoms with Crippen molar-refractivity contribution in [2.45, 2.75) is 8.32 Å². The first-order valence-corrected chi connectivity index (χ1v) is 14.9. The first kappa shape index (κ1) is 29.4. The molecule has 2 unspecified atom stereocenters. The maximum absolute atomic E-state index is 12.7. The Hall–Kier alpha value is -0.800. The molecule has 0 aliphatic carbocycles. The summed E-state index contributed by atoms with van der Waals surface area (Å²) in [6.07, 6.45) is 0. The van der Waals surface area contributed by atoms with E-state index in [2.05, 4.69) is 74.4 Å². The molecule has 0 bridgehead atoms. The Balaban J connectivity index is 1.99. The normalized spacial score (nSPS) is 12.4. The molecule has 0 saturated carbocycles. The molecular formula is C20H20Br4N2O6S2. The molecule has 0 heterocycles. The van der Waals surface area contributed by atoms with Crippen LogP contribution < -0.4 is 29.6 Å². The molecule has 14 heteroatoms. The fraction of sp³-hybridized carbons (Fsp3) is 0.300. The first-order valence-electron chi connectivity index (χ1n) is 9.20. The summed E-state index contributed by atoms with van der Waals surface area (Å²) >= 11 is 13.5. The van der Waals surface area contributed by atoms with Gasteiger partial charge >= 0.3 is 0 Å². The molecule has 186 valence electrons. The van der Waals surface area contributed by atoms with Crippen LogP contribution in [0.15, 0.2) is 33.2 Å². The van der Waals surface area contributed by atoms with Crippen LogP contribution in [0.3, 0.4) is 0 Å². The zero-order valence-corrected chi connectivity index (χ0v) is 26.2. The Kier molecular flexibility index (Phi) is 12.2. The molecule has 2 aromatic carbocycles. The molecule has 0 saturated heterocycles. The summed E-state index contributed by atoms with van der Waals surface area (Å²) in [4.78, 5) is 25.3. The molecule has 2 amide bonds. The average Bonchev–Trinajstić information content (AvgIpc) is 2.83. The number of nitrogens with one attached hydrogen (secondary N) is 2. The molecule has 0 radical (unpaired) electrons. The van der Waals surface area contributed by atoms with Crippen molar-refractivity contribution < 1.29 is 28.5 Å². The van der Waals surface area contributed by atoms with Crippen molar-refractivity contribution in [3.63, 3.8) is 0 Å². The zero-order valence-electron chi connectivity index (χ0n) is 18.2. The van der Waals surface area contributed by atoms with Crippen molar-refractivity contribution in [1.29, 1.82) is 0 Å². The van der Waals surface area contributed by atoms with Gasteiger partial charge in [0, 0.05) is 24.3 Å². The highest BCUT2D eigenvalue weighted by Crippen LogP contribution is 2.41. The topological polar surface area (TPSA) is 95.1 Å². The second kappa shape index (κ2) is 14.1. The maximum Gasteiger partial charge on any atom is 0.249 e. The molecule has 0 spiro atoms. The third kappa shape index (κ3) is 7.85. The van der Waals surface area contributed by atoms with Gasteiger partial charge in [0.15, 0.2) is 0 Å². The number of methoxy groups -OCH3 is 4. The van der Waals surface area contributed by atoms with E-state index in [4.69, 9.17) is 18.9 Å². The van der Waals surface area contributed by atoms with Gasteiger partial charge in [-0.1, -0.05) is 53.4 Å². The van der Waals surface area contributed by atoms with Crippen molar-refractivity contribution in [3.05, 3.63) is 33.2 Å². The van der Waals surface area contributed by atoms with Gasteiger partial charge in [0.05, 0.1) is 48.8 Å². The molecule has 2 aromatic rings. The van der Waals surface area contributed by atoms with E-state index >= 15 is 0 Å². The molecule has 0 aromatic heterocycles. The van der Waals surface area contributed by atoms with E-state index in [9.17, 15) is 9.59 Å². The third-order valence-electron chi connectivity index (χ3n) is 4.10. The second-order valence-electron chi connectivity index (χ2n) is 6.18. The van der Waals surface area contributed by atoms with E-state index in [-0.39, 0.29) is 11.8 Å². The summed E-state index contributed by atoms with van der Waals surface area (Å²) in [5.74, 6) is 1.35. The molecule has 0 aliphatic rings. The van der Waals surface area contributed by atoms with Gasteiger partial charge in [-0.25, -0.2) is 0 Å². The van der Waals surface area contributed by atoms with Crippen molar-refractivity contribution in [3.8, 4) is 23.0 Å². The third-order valence-corrected chi connectivity index (χ3v) is 11.1. The van der Waals surface area contributed by atoms with E-state index in [0.717, 1.165) is 0 Å². The Morgan fingerprint density at radius 3 is 1.29 bits per heavy atom. The van der Waals surface area contributed by atoms with Crippen LogP contribution in [-0.2, 0) is 9.59 Å². The number of hydrogen-bond donors (Lipinski definition) is 2. The Labute approximate surface area is 238 Å². The lowest BCUT2D eigenvalue weighted by Crippen LogP contribution is -2.22. The average molecular weight is 768 g/mol. The molecule has 2 atom stereocenters. The quantitative estimate of drug-likeness (QED) is 0.194. The summed E-state index contributed by atoms with van der Waals surface area (Å²) in [5, 5.41) is 5.58. The van der Waals surface area contributed by atoms with Gasteiger partial charge in [0.1, 0.15) is 31.3 Å². The van der Waals surface area contributed by atoms with Gasteiger partial charge in [-0.05, 0) is 31.9 Å². The van der Waals surface area contributed by atoms with Crippen LogP contribution in [0.4, 0.5) is 11.4 Å². The molecular weight excluding hydrogens is 748 g/mol. The van der Waals surface area contributed by atoms with Gasteiger partial charge in [-0.3, -0.25) is 9.59 Å². The smallest absolute Gasteiger partial charge is 0.249 e. The highest BCUT2D eigenvalue weighted by atomic mass is 79.9. The second-order valence-corrected chi connectivity index (χ2v) is 13.4. The van der Waals surface area contributed by atoms with Crippen molar-refractivity contribution in [2.75, 3.05) is 39.1 Å². The molecule has 0 fully saturated rings. The molecule has 8 nitrogen and oxygen atoms in total. The molecule has 2 rings (SSSR count). The van der Waals surface area contributed by atoms with Crippen LogP contribution in [0.25, 0.3) is 0 Å². The minimum absolute atomic E-state index is 0.334. The standard InChI is InChI=1S/C20H20Br4N2O6S2/c1-29-13-7-11(15(31-3)5-9(13)21)25-19(27)17(23)33-34-18(24)20(28)26-12-8-14(30-2)10(22)6-16(12)32-4/h5-8,17-18H,1-4H3,(H,25,27)(H,26,28). The highest BCUT2D eigenvalue weighted by molar-refractivity contribution is 9.16. The number of carbonyl (C=O) groups is 2. The van der Waals surface area contributed by atoms with Crippen LogP contribution in [0.1, 0.15) is 0 Å². The summed E-state index contributed by atoms with van der Waals surface area (Å²) in [5.41, 5.74) is 0.902. The van der Waals surface area contributed by atoms with E-state index in [1.807, 2.05) is 0 Å². The van der Waals surface area contributed by atoms with E-state index in [1.54, 1.807) is 24.3 Å². The van der Waals surface area contributed by atoms with Crippen LogP contribution >= 0.6 is 85.3 Å². The number of amides is 2. The number of alkyl halides is 2. The maximum atomic E-state index is 12.7. The lowest BCUT2D eigenvalue weighted by atomic mass is 10.2. The van der Waals surface area contributed by atoms with Crippen LogP contribution in [0.2, 0.25) is 0 Å². The molecule has 2 N–H and O–H groups in total. The van der Waals surface area contributed by atoms with Gasteiger partial charge in [0.2, 0.25) is 11.8 Å². The number of anilines is 2. The number of benzene rings is 2. The van der Waals surface area contributed by atoms with Crippen LogP contribution in [0, 0.1) is 0 Å². The number of rotatable bonds is 11. The minimum atomic E-state index is -0.660. The summed E-state index contributed by atoms with van der Waals surface area (Å²) in [7, 11) is 8.39. The van der Waals surface area contributed by atoms with E-state index < -0.39 is 8.32 Å². The molecule has 0 aliphatic heterocycles. The van der Waals surface area contributed by atoms with Crippen molar-refractivity contribution in [1.82, 2.24) is 0 Å². The van der Waals surface area contributed by atoms with Crippen LogP contribution in [0.5, 0.6) is 23.0 Å². The first-order chi connectivity index (χ1) is 16.1. The highest BCUT2D eigenvalue weighted by Gasteiger charge is 2.24. The fourth-order valence-electron chi connectivity index (χ4n) is 2.48. The lowest BCUT2D eigenvalue weighted by molar-refractivity contribution is -0.115. The monoisotopic (exact) mass is 764 g/mol. The Bertz CT molecular complexity index is 965. The van der Waals surface area contributed by atoms with Gasteiger partial charge in [0.25, 0.3) is 0 Å². The summed E-state index contributed by atoms with van der Waals surface area (Å²) in [6.45, 7) is 0.